The van der Waals surface area contributed by atoms with Crippen molar-refractivity contribution in [2.45, 2.75) is 25.9 Å². The first-order chi connectivity index (χ1) is 8.99. The van der Waals surface area contributed by atoms with E-state index in [0.717, 1.165) is 39.1 Å². The Morgan fingerprint density at radius 1 is 1.58 bits per heavy atom. The van der Waals surface area contributed by atoms with Crippen LogP contribution in [0.5, 0.6) is 0 Å². The van der Waals surface area contributed by atoms with Crippen molar-refractivity contribution in [3.05, 3.63) is 21.1 Å². The van der Waals surface area contributed by atoms with Gasteiger partial charge in [-0.15, -0.1) is 0 Å². The van der Waals surface area contributed by atoms with Crippen molar-refractivity contribution in [3.8, 4) is 0 Å². The van der Waals surface area contributed by atoms with Gasteiger partial charge in [0.15, 0.2) is 5.82 Å². The highest BCUT2D eigenvalue weighted by Gasteiger charge is 2.32. The summed E-state index contributed by atoms with van der Waals surface area (Å²) in [4.78, 5) is 14.3. The van der Waals surface area contributed by atoms with Gasteiger partial charge in [0.2, 0.25) is 0 Å². The molecule has 19 heavy (non-hydrogen) atoms. The van der Waals surface area contributed by atoms with Crippen LogP contribution < -0.4 is 0 Å². The van der Waals surface area contributed by atoms with E-state index in [1.165, 1.54) is 0 Å². The molecule has 2 heterocycles. The topological polar surface area (TPSA) is 58.9 Å². The third-order valence-corrected chi connectivity index (χ3v) is 3.99. The molecule has 2 rings (SSSR count). The summed E-state index contributed by atoms with van der Waals surface area (Å²) in [7, 11) is 1.85. The molecular formula is C12H20ClN3O3. The van der Waals surface area contributed by atoms with Crippen molar-refractivity contribution in [2.24, 2.45) is 5.92 Å². The summed E-state index contributed by atoms with van der Waals surface area (Å²) in [6.07, 6.45) is 2.28. The summed E-state index contributed by atoms with van der Waals surface area (Å²) in [5.74, 6) is 0.963. The fraction of sp³-hybridized carbons (Fsp3) is 0.833. The van der Waals surface area contributed by atoms with Crippen molar-refractivity contribution in [3.63, 3.8) is 0 Å². The van der Waals surface area contributed by atoms with Gasteiger partial charge in [0, 0.05) is 32.6 Å². The Labute approximate surface area is 118 Å². The van der Waals surface area contributed by atoms with E-state index >= 15 is 0 Å². The third kappa shape index (κ3) is 3.30. The zero-order valence-electron chi connectivity index (χ0n) is 11.3. The van der Waals surface area contributed by atoms with E-state index in [0.29, 0.717) is 11.7 Å². The van der Waals surface area contributed by atoms with Crippen LogP contribution in [-0.4, -0.2) is 54.1 Å². The highest BCUT2D eigenvalue weighted by atomic mass is 35.5. The molecule has 0 bridgehead atoms. The molecule has 2 atom stereocenters. The van der Waals surface area contributed by atoms with Gasteiger partial charge in [0.25, 0.3) is 0 Å². The van der Waals surface area contributed by atoms with Crippen molar-refractivity contribution in [1.82, 2.24) is 9.80 Å². The van der Waals surface area contributed by atoms with Crippen LogP contribution >= 0.6 is 11.6 Å². The largest absolute Gasteiger partial charge is 0.378 e. The van der Waals surface area contributed by atoms with Gasteiger partial charge in [0.1, 0.15) is 0 Å². The van der Waals surface area contributed by atoms with E-state index in [2.05, 4.69) is 6.92 Å². The first-order valence-corrected chi connectivity index (χ1v) is 6.98. The quantitative estimate of drug-likeness (QED) is 0.449. The average molecular weight is 290 g/mol. The molecule has 2 aliphatic rings. The lowest BCUT2D eigenvalue weighted by Gasteiger charge is -2.38. The van der Waals surface area contributed by atoms with Gasteiger partial charge in [-0.25, -0.2) is 0 Å². The Morgan fingerprint density at radius 3 is 2.89 bits per heavy atom. The third-order valence-electron chi connectivity index (χ3n) is 3.69. The van der Waals surface area contributed by atoms with Crippen LogP contribution in [0.3, 0.4) is 0 Å². The Bertz CT molecular complexity index is 388. The normalized spacial score (nSPS) is 30.7. The van der Waals surface area contributed by atoms with Gasteiger partial charge in [0.05, 0.1) is 17.6 Å². The summed E-state index contributed by atoms with van der Waals surface area (Å²) in [5.41, 5.74) is 0. The van der Waals surface area contributed by atoms with Crippen LogP contribution in [0.15, 0.2) is 11.0 Å². The van der Waals surface area contributed by atoms with Crippen molar-refractivity contribution >= 4 is 11.6 Å². The predicted octanol–water partition coefficient (Wildman–Crippen LogP) is 1.69. The molecule has 0 radical (unpaired) electrons. The highest BCUT2D eigenvalue weighted by molar-refractivity contribution is 6.28. The van der Waals surface area contributed by atoms with Crippen LogP contribution in [-0.2, 0) is 4.74 Å². The average Bonchev–Trinajstić information content (AvgIpc) is 2.74. The maximum absolute atomic E-state index is 10.9. The summed E-state index contributed by atoms with van der Waals surface area (Å²) >= 11 is 5.86. The number of nitrogens with zero attached hydrogens (tertiary/aromatic N) is 3. The van der Waals surface area contributed by atoms with Gasteiger partial charge in [-0.3, -0.25) is 10.1 Å². The Hall–Kier alpha value is -1.01. The molecule has 2 unspecified atom stereocenters. The second kappa shape index (κ2) is 5.96. The van der Waals surface area contributed by atoms with Crippen molar-refractivity contribution < 1.29 is 9.66 Å². The zero-order chi connectivity index (χ0) is 14.0. The number of hydrogen-bond acceptors (Lipinski definition) is 5. The number of hydrogen-bond donors (Lipinski definition) is 0. The summed E-state index contributed by atoms with van der Waals surface area (Å²) in [6.45, 7) is 5.17. The number of halogens is 1. The van der Waals surface area contributed by atoms with Gasteiger partial charge in [-0.05, 0) is 31.4 Å². The van der Waals surface area contributed by atoms with E-state index in [-0.39, 0.29) is 11.3 Å². The maximum Gasteiger partial charge on any atom is 0.377 e. The molecule has 108 valence electrons. The summed E-state index contributed by atoms with van der Waals surface area (Å²) in [6, 6.07) is 0. The number of ether oxygens (including phenoxy) is 1. The monoisotopic (exact) mass is 289 g/mol. The lowest BCUT2D eigenvalue weighted by atomic mass is 10.1. The van der Waals surface area contributed by atoms with Gasteiger partial charge in [-0.2, -0.15) is 0 Å². The minimum Gasteiger partial charge on any atom is -0.378 e. The number of nitro groups is 1. The Kier molecular flexibility index (Phi) is 4.52. The molecule has 0 aromatic rings. The summed E-state index contributed by atoms with van der Waals surface area (Å²) < 4.78 is 5.55. The molecule has 0 N–H and O–H groups in total. The Balaban J connectivity index is 2.12. The minimum absolute atomic E-state index is 0.283. The second-order valence-electron chi connectivity index (χ2n) is 5.34. The van der Waals surface area contributed by atoms with Gasteiger partial charge >= 0.3 is 5.16 Å². The van der Waals surface area contributed by atoms with Crippen LogP contribution in [0.1, 0.15) is 19.8 Å². The molecule has 0 saturated carbocycles. The fourth-order valence-corrected chi connectivity index (χ4v) is 3.11. The van der Waals surface area contributed by atoms with E-state index in [4.69, 9.17) is 16.3 Å². The molecule has 2 saturated heterocycles. The highest BCUT2D eigenvalue weighted by Crippen LogP contribution is 2.27. The molecular weight excluding hydrogens is 270 g/mol. The molecule has 0 aliphatic carbocycles. The van der Waals surface area contributed by atoms with Crippen LogP contribution in [0.4, 0.5) is 0 Å². The van der Waals surface area contributed by atoms with Crippen LogP contribution in [0.2, 0.25) is 0 Å². The number of rotatable bonds is 3. The molecule has 0 aromatic carbocycles. The first kappa shape index (κ1) is 14.4. The molecule has 2 aliphatic heterocycles. The smallest absolute Gasteiger partial charge is 0.377 e. The zero-order valence-corrected chi connectivity index (χ0v) is 12.1. The maximum atomic E-state index is 10.9. The van der Waals surface area contributed by atoms with Crippen molar-refractivity contribution in [1.29, 1.82) is 0 Å². The van der Waals surface area contributed by atoms with E-state index in [1.807, 2.05) is 16.8 Å². The SMILES string of the molecule is CC1CC(CN2CCCN(C)C2=C(Cl)[N+](=O)[O-])CO1. The standard InChI is InChI=1S/C12H20ClN3O3/c1-9-6-10(8-19-9)7-15-5-3-4-14(2)12(15)11(13)16(17)18/h9-10H,3-8H2,1-2H3. The minimum atomic E-state index is -0.514. The molecule has 7 heteroatoms. The second-order valence-corrected chi connectivity index (χ2v) is 5.70. The van der Waals surface area contributed by atoms with Crippen LogP contribution in [0, 0.1) is 16.0 Å². The molecule has 0 amide bonds. The van der Waals surface area contributed by atoms with Gasteiger partial charge in [-0.1, -0.05) is 0 Å². The lowest BCUT2D eigenvalue weighted by Crippen LogP contribution is -2.44. The molecule has 0 spiro atoms. The van der Waals surface area contributed by atoms with E-state index in [1.54, 1.807) is 0 Å². The molecule has 0 aromatic heterocycles. The first-order valence-electron chi connectivity index (χ1n) is 6.61. The predicted molar refractivity (Wildman–Crippen MR) is 72.2 cm³/mol. The fourth-order valence-electron chi connectivity index (χ4n) is 2.84. The van der Waals surface area contributed by atoms with Crippen molar-refractivity contribution in [2.75, 3.05) is 33.3 Å². The van der Waals surface area contributed by atoms with E-state index < -0.39 is 4.92 Å². The summed E-state index contributed by atoms with van der Waals surface area (Å²) in [5, 5.41) is 10.6. The Morgan fingerprint density at radius 2 is 2.32 bits per heavy atom. The molecule has 2 fully saturated rings. The van der Waals surface area contributed by atoms with Crippen LogP contribution in [0.25, 0.3) is 0 Å². The molecule has 6 nitrogen and oxygen atoms in total. The lowest BCUT2D eigenvalue weighted by molar-refractivity contribution is -0.415. The van der Waals surface area contributed by atoms with E-state index in [9.17, 15) is 10.1 Å². The van der Waals surface area contributed by atoms with Gasteiger partial charge < -0.3 is 14.5 Å².